The first-order valence-electron chi connectivity index (χ1n) is 5.09. The highest BCUT2D eigenvalue weighted by Crippen LogP contribution is 2.13. The van der Waals surface area contributed by atoms with Gasteiger partial charge in [0.2, 0.25) is 0 Å². The highest BCUT2D eigenvalue weighted by atomic mass is 32.2. The van der Waals surface area contributed by atoms with E-state index in [1.54, 1.807) is 0 Å². The number of hydrogen-bond acceptors (Lipinski definition) is 4. The van der Waals surface area contributed by atoms with E-state index >= 15 is 0 Å². The molecule has 1 fully saturated rings. The highest BCUT2D eigenvalue weighted by molar-refractivity contribution is 7.91. The average molecular weight is 231 g/mol. The van der Waals surface area contributed by atoms with Crippen LogP contribution in [0.4, 0.5) is 0 Å². The van der Waals surface area contributed by atoms with Crippen LogP contribution >= 0.6 is 0 Å². The second-order valence-electron chi connectivity index (χ2n) is 3.93. The Hall–Kier alpha value is -0.570. The summed E-state index contributed by atoms with van der Waals surface area (Å²) in [5.41, 5.74) is 0. The van der Waals surface area contributed by atoms with Gasteiger partial charge in [-0.2, -0.15) is 0 Å². The lowest BCUT2D eigenvalue weighted by Gasteiger charge is -2.19. The van der Waals surface area contributed by atoms with Crippen LogP contribution in [-0.2, 0) is 9.84 Å². The summed E-state index contributed by atoms with van der Waals surface area (Å²) in [6, 6.07) is -0.564. The monoisotopic (exact) mass is 231 g/mol. The molecule has 0 aliphatic carbocycles. The maximum atomic E-state index is 11.2. The Bertz CT molecular complexity index is 344. The predicted molar refractivity (Wildman–Crippen MR) is 59.1 cm³/mol. The fraction of sp³-hybridized carbons (Fsp3) is 0.800. The van der Waals surface area contributed by atoms with Crippen LogP contribution in [0, 0.1) is 12.3 Å². The van der Waals surface area contributed by atoms with E-state index in [1.165, 1.54) is 0 Å². The third-order valence-electron chi connectivity index (χ3n) is 2.52. The molecule has 0 aromatic carbocycles. The van der Waals surface area contributed by atoms with E-state index in [9.17, 15) is 13.5 Å². The van der Waals surface area contributed by atoms with E-state index in [0.717, 1.165) is 12.8 Å². The number of sulfone groups is 1. The first kappa shape index (κ1) is 12.5. The lowest BCUT2D eigenvalue weighted by Crippen LogP contribution is -2.44. The van der Waals surface area contributed by atoms with Crippen molar-refractivity contribution in [3.05, 3.63) is 0 Å². The summed E-state index contributed by atoms with van der Waals surface area (Å²) in [5, 5.41) is 12.5. The van der Waals surface area contributed by atoms with Gasteiger partial charge in [0.15, 0.2) is 9.84 Å². The molecule has 0 aromatic rings. The smallest absolute Gasteiger partial charge is 0.154 e. The number of aliphatic hydroxyl groups is 1. The normalized spacial score (nSPS) is 31.0. The maximum absolute atomic E-state index is 11.2. The fourth-order valence-corrected chi connectivity index (χ4v) is 3.50. The van der Waals surface area contributed by atoms with Crippen LogP contribution in [0.25, 0.3) is 0 Å². The number of rotatable bonds is 4. The van der Waals surface area contributed by atoms with Crippen molar-refractivity contribution in [2.45, 2.75) is 38.0 Å². The van der Waals surface area contributed by atoms with Crippen LogP contribution in [0.15, 0.2) is 0 Å². The third kappa shape index (κ3) is 3.49. The van der Waals surface area contributed by atoms with Crippen molar-refractivity contribution in [1.29, 1.82) is 0 Å². The molecule has 1 aliphatic heterocycles. The van der Waals surface area contributed by atoms with Gasteiger partial charge in [0.1, 0.15) is 0 Å². The predicted octanol–water partition coefficient (Wildman–Crippen LogP) is -0.464. The van der Waals surface area contributed by atoms with Gasteiger partial charge in [-0.15, -0.1) is 6.42 Å². The number of terminal acetylenes is 1. The zero-order chi connectivity index (χ0) is 11.5. The minimum absolute atomic E-state index is 0.0178. The quantitative estimate of drug-likeness (QED) is 0.642. The van der Waals surface area contributed by atoms with E-state index in [2.05, 4.69) is 11.2 Å². The topological polar surface area (TPSA) is 66.4 Å². The SMILES string of the molecule is C#CC(CCC)NC1CS(=O)(=O)CC1O. The van der Waals surface area contributed by atoms with Crippen LogP contribution in [0.3, 0.4) is 0 Å². The summed E-state index contributed by atoms with van der Waals surface area (Å²) in [6.45, 7) is 2.01. The largest absolute Gasteiger partial charge is 0.390 e. The molecule has 2 N–H and O–H groups in total. The van der Waals surface area contributed by atoms with Crippen molar-refractivity contribution in [2.24, 2.45) is 0 Å². The molecular formula is C10H17NO3S. The zero-order valence-electron chi connectivity index (χ0n) is 8.81. The van der Waals surface area contributed by atoms with Gasteiger partial charge < -0.3 is 5.11 Å². The Morgan fingerprint density at radius 2 is 2.27 bits per heavy atom. The first-order chi connectivity index (χ1) is 6.98. The Labute approximate surface area is 91.0 Å². The van der Waals surface area contributed by atoms with Gasteiger partial charge in [0, 0.05) is 6.04 Å². The molecule has 0 spiro atoms. The number of hydrogen-bond donors (Lipinski definition) is 2. The molecule has 0 aromatic heterocycles. The van der Waals surface area contributed by atoms with Crippen LogP contribution in [0.5, 0.6) is 0 Å². The Morgan fingerprint density at radius 3 is 2.67 bits per heavy atom. The summed E-state index contributed by atoms with van der Waals surface area (Å²) in [7, 11) is -3.09. The Morgan fingerprint density at radius 1 is 1.60 bits per heavy atom. The minimum Gasteiger partial charge on any atom is -0.390 e. The zero-order valence-corrected chi connectivity index (χ0v) is 9.63. The summed E-state index contributed by atoms with van der Waals surface area (Å²) < 4.78 is 22.5. The minimum atomic E-state index is -3.09. The Balaban J connectivity index is 2.56. The molecule has 1 saturated heterocycles. The van der Waals surface area contributed by atoms with Gasteiger partial charge in [-0.05, 0) is 6.42 Å². The lowest BCUT2D eigenvalue weighted by atomic mass is 10.1. The van der Waals surface area contributed by atoms with E-state index in [0.29, 0.717) is 0 Å². The molecule has 1 rings (SSSR count). The molecular weight excluding hydrogens is 214 g/mol. The van der Waals surface area contributed by atoms with Gasteiger partial charge >= 0.3 is 0 Å². The molecule has 1 heterocycles. The van der Waals surface area contributed by atoms with E-state index in [4.69, 9.17) is 6.42 Å². The summed E-state index contributed by atoms with van der Waals surface area (Å²) in [6.07, 6.45) is 6.20. The second kappa shape index (κ2) is 4.97. The van der Waals surface area contributed by atoms with Crippen molar-refractivity contribution in [2.75, 3.05) is 11.5 Å². The molecule has 15 heavy (non-hydrogen) atoms. The molecule has 4 nitrogen and oxygen atoms in total. The molecule has 0 radical (unpaired) electrons. The van der Waals surface area contributed by atoms with Gasteiger partial charge in [0.25, 0.3) is 0 Å². The van der Waals surface area contributed by atoms with E-state index in [1.807, 2.05) is 6.92 Å². The van der Waals surface area contributed by atoms with Gasteiger partial charge in [0.05, 0.1) is 23.7 Å². The second-order valence-corrected chi connectivity index (χ2v) is 6.08. The van der Waals surface area contributed by atoms with Crippen LogP contribution < -0.4 is 5.32 Å². The molecule has 0 bridgehead atoms. The molecule has 0 amide bonds. The molecule has 86 valence electrons. The molecule has 0 saturated carbocycles. The fourth-order valence-electron chi connectivity index (χ4n) is 1.75. The standard InChI is InChI=1S/C10H17NO3S/c1-3-5-8(4-2)11-9-6-15(13,14)7-10(9)12/h2,8-12H,3,5-7H2,1H3. The molecule has 3 unspecified atom stereocenters. The maximum Gasteiger partial charge on any atom is 0.154 e. The van der Waals surface area contributed by atoms with Gasteiger partial charge in [-0.3, -0.25) is 5.32 Å². The molecule has 3 atom stereocenters. The van der Waals surface area contributed by atoms with Crippen molar-refractivity contribution < 1.29 is 13.5 Å². The number of aliphatic hydroxyl groups excluding tert-OH is 1. The summed E-state index contributed by atoms with van der Waals surface area (Å²) >= 11 is 0. The first-order valence-corrected chi connectivity index (χ1v) is 6.91. The van der Waals surface area contributed by atoms with Crippen LogP contribution in [0.2, 0.25) is 0 Å². The highest BCUT2D eigenvalue weighted by Gasteiger charge is 2.36. The van der Waals surface area contributed by atoms with Crippen molar-refractivity contribution >= 4 is 9.84 Å². The van der Waals surface area contributed by atoms with Crippen LogP contribution in [-0.4, -0.2) is 43.2 Å². The van der Waals surface area contributed by atoms with E-state index in [-0.39, 0.29) is 17.5 Å². The lowest BCUT2D eigenvalue weighted by molar-refractivity contribution is 0.162. The average Bonchev–Trinajstić information content (AvgIpc) is 2.39. The van der Waals surface area contributed by atoms with Gasteiger partial charge in [-0.25, -0.2) is 8.42 Å². The summed E-state index contributed by atoms with van der Waals surface area (Å²) in [4.78, 5) is 0. The van der Waals surface area contributed by atoms with Crippen LogP contribution in [0.1, 0.15) is 19.8 Å². The third-order valence-corrected chi connectivity index (χ3v) is 4.23. The molecule has 1 aliphatic rings. The number of nitrogens with one attached hydrogen (secondary N) is 1. The van der Waals surface area contributed by atoms with Gasteiger partial charge in [-0.1, -0.05) is 19.3 Å². The van der Waals surface area contributed by atoms with Crippen molar-refractivity contribution in [3.63, 3.8) is 0 Å². The Kier molecular flexibility index (Phi) is 4.14. The summed E-state index contributed by atoms with van der Waals surface area (Å²) in [5.74, 6) is 2.38. The van der Waals surface area contributed by atoms with E-state index < -0.39 is 22.0 Å². The van der Waals surface area contributed by atoms with Crippen molar-refractivity contribution in [1.82, 2.24) is 5.32 Å². The van der Waals surface area contributed by atoms with Crippen molar-refractivity contribution in [3.8, 4) is 12.3 Å². The molecule has 5 heteroatoms.